The first-order valence-corrected chi connectivity index (χ1v) is 12.3. The second-order valence-electron chi connectivity index (χ2n) is 10.3. The highest BCUT2D eigenvalue weighted by Crippen LogP contribution is 2.39. The monoisotopic (exact) mass is 525 g/mol. The van der Waals surface area contributed by atoms with Gasteiger partial charge in [-0.1, -0.05) is 6.07 Å². The minimum absolute atomic E-state index is 0.149. The number of esters is 1. The van der Waals surface area contributed by atoms with E-state index in [1.807, 2.05) is 20.8 Å². The lowest BCUT2D eigenvalue weighted by atomic mass is 9.93. The SMILES string of the molecule is COC(=O)C=Cc1ccc(N2CCN(CCC3CCN(C(=O)OC(C)(C)C)CC3)C2=O)c(C(F)(F)F)c1. The zero-order chi connectivity index (χ0) is 27.4. The normalized spacial score (nSPS) is 17.6. The summed E-state index contributed by atoms with van der Waals surface area (Å²) in [4.78, 5) is 41.0. The fourth-order valence-corrected chi connectivity index (χ4v) is 4.43. The number of rotatable bonds is 6. The predicted octanol–water partition coefficient (Wildman–Crippen LogP) is 5.17. The van der Waals surface area contributed by atoms with Gasteiger partial charge in [0.1, 0.15) is 5.60 Å². The Balaban J connectivity index is 1.59. The van der Waals surface area contributed by atoms with Crippen LogP contribution in [0.4, 0.5) is 28.4 Å². The van der Waals surface area contributed by atoms with Gasteiger partial charge < -0.3 is 19.3 Å². The minimum Gasteiger partial charge on any atom is -0.466 e. The van der Waals surface area contributed by atoms with E-state index in [9.17, 15) is 27.6 Å². The standard InChI is InChI=1S/C26H34F3N3O5/c1-25(2,3)37-24(35)31-13-10-18(11-14-31)9-12-30-15-16-32(23(30)34)21-7-5-19(6-8-22(33)36-4)17-20(21)26(27,28)29/h5-8,17-18H,9-16H2,1-4H3. The summed E-state index contributed by atoms with van der Waals surface area (Å²) in [7, 11) is 1.18. The summed E-state index contributed by atoms with van der Waals surface area (Å²) in [5, 5.41) is 0. The van der Waals surface area contributed by atoms with Gasteiger partial charge in [-0.25, -0.2) is 14.4 Å². The topological polar surface area (TPSA) is 79.4 Å². The highest BCUT2D eigenvalue weighted by atomic mass is 19.4. The Hall–Kier alpha value is -3.24. The van der Waals surface area contributed by atoms with Crippen LogP contribution in [0.2, 0.25) is 0 Å². The van der Waals surface area contributed by atoms with E-state index >= 15 is 0 Å². The summed E-state index contributed by atoms with van der Waals surface area (Å²) >= 11 is 0. The van der Waals surface area contributed by atoms with Crippen molar-refractivity contribution in [2.75, 3.05) is 44.7 Å². The number of piperidine rings is 1. The van der Waals surface area contributed by atoms with Crippen LogP contribution in [0.3, 0.4) is 0 Å². The first-order valence-electron chi connectivity index (χ1n) is 12.3. The quantitative estimate of drug-likeness (QED) is 0.378. The number of alkyl halides is 3. The third-order valence-corrected chi connectivity index (χ3v) is 6.40. The largest absolute Gasteiger partial charge is 0.466 e. The Morgan fingerprint density at radius 2 is 1.76 bits per heavy atom. The number of carbonyl (C=O) groups excluding carboxylic acids is 3. The summed E-state index contributed by atoms with van der Waals surface area (Å²) < 4.78 is 51.4. The predicted molar refractivity (Wildman–Crippen MR) is 132 cm³/mol. The van der Waals surface area contributed by atoms with Gasteiger partial charge in [-0.2, -0.15) is 13.2 Å². The Kier molecular flexibility index (Phi) is 8.76. The zero-order valence-corrected chi connectivity index (χ0v) is 21.6. The molecule has 0 saturated carbocycles. The number of methoxy groups -OCH3 is 1. The maximum absolute atomic E-state index is 13.8. The number of hydrogen-bond donors (Lipinski definition) is 0. The molecule has 37 heavy (non-hydrogen) atoms. The van der Waals surface area contributed by atoms with Crippen molar-refractivity contribution >= 4 is 29.9 Å². The molecule has 0 bridgehead atoms. The number of halogens is 3. The molecule has 0 aromatic heterocycles. The van der Waals surface area contributed by atoms with Gasteiger partial charge >= 0.3 is 24.3 Å². The highest BCUT2D eigenvalue weighted by molar-refractivity contribution is 5.95. The van der Waals surface area contributed by atoms with Crippen LogP contribution in [0.5, 0.6) is 0 Å². The Morgan fingerprint density at radius 1 is 1.08 bits per heavy atom. The molecule has 1 aromatic carbocycles. The fourth-order valence-electron chi connectivity index (χ4n) is 4.43. The number of anilines is 1. The van der Waals surface area contributed by atoms with Gasteiger partial charge in [-0.05, 0) is 69.7 Å². The molecule has 3 amide bonds. The molecule has 3 rings (SSSR count). The van der Waals surface area contributed by atoms with Crippen molar-refractivity contribution in [1.29, 1.82) is 0 Å². The summed E-state index contributed by atoms with van der Waals surface area (Å²) in [6, 6.07) is 3.14. The van der Waals surface area contributed by atoms with Gasteiger partial charge in [-0.15, -0.1) is 0 Å². The van der Waals surface area contributed by atoms with Crippen molar-refractivity contribution in [2.24, 2.45) is 5.92 Å². The molecule has 0 aliphatic carbocycles. The van der Waals surface area contributed by atoms with Crippen LogP contribution < -0.4 is 4.90 Å². The van der Waals surface area contributed by atoms with Gasteiger partial charge in [-0.3, -0.25) is 4.90 Å². The van der Waals surface area contributed by atoms with Crippen LogP contribution in [0.25, 0.3) is 6.08 Å². The molecular formula is C26H34F3N3O5. The number of urea groups is 1. The van der Waals surface area contributed by atoms with Crippen LogP contribution in [0.15, 0.2) is 24.3 Å². The van der Waals surface area contributed by atoms with E-state index in [1.165, 1.54) is 25.3 Å². The summed E-state index contributed by atoms with van der Waals surface area (Å²) in [5.74, 6) is -0.370. The molecule has 8 nitrogen and oxygen atoms in total. The smallest absolute Gasteiger partial charge is 0.418 e. The van der Waals surface area contributed by atoms with Gasteiger partial charge in [0.25, 0.3) is 0 Å². The van der Waals surface area contributed by atoms with Crippen LogP contribution in [0, 0.1) is 5.92 Å². The maximum atomic E-state index is 13.8. The van der Waals surface area contributed by atoms with E-state index in [4.69, 9.17) is 4.74 Å². The number of benzene rings is 1. The van der Waals surface area contributed by atoms with Crippen LogP contribution >= 0.6 is 0 Å². The maximum Gasteiger partial charge on any atom is 0.418 e. The van der Waals surface area contributed by atoms with Gasteiger partial charge in [0.2, 0.25) is 0 Å². The fraction of sp³-hybridized carbons (Fsp3) is 0.577. The molecular weight excluding hydrogens is 491 g/mol. The van der Waals surface area contributed by atoms with Crippen LogP contribution in [0.1, 0.15) is 51.2 Å². The number of amides is 3. The third-order valence-electron chi connectivity index (χ3n) is 6.40. The lowest BCUT2D eigenvalue weighted by molar-refractivity contribution is -0.137. The van der Waals surface area contributed by atoms with Crippen molar-refractivity contribution in [3.8, 4) is 0 Å². The van der Waals surface area contributed by atoms with E-state index < -0.39 is 29.3 Å². The van der Waals surface area contributed by atoms with E-state index in [2.05, 4.69) is 4.74 Å². The molecule has 0 atom stereocenters. The summed E-state index contributed by atoms with van der Waals surface area (Å²) in [5.41, 5.74) is -1.53. The van der Waals surface area contributed by atoms with E-state index in [0.29, 0.717) is 38.5 Å². The van der Waals surface area contributed by atoms with Crippen molar-refractivity contribution < 1.29 is 37.0 Å². The molecule has 0 N–H and O–H groups in total. The molecule has 0 unspecified atom stereocenters. The average Bonchev–Trinajstić information content (AvgIpc) is 3.19. The van der Waals surface area contributed by atoms with Crippen LogP contribution in [-0.2, 0) is 20.4 Å². The van der Waals surface area contributed by atoms with Crippen molar-refractivity contribution in [3.63, 3.8) is 0 Å². The van der Waals surface area contributed by atoms with Crippen molar-refractivity contribution in [2.45, 2.75) is 51.8 Å². The second-order valence-corrected chi connectivity index (χ2v) is 10.3. The molecule has 0 spiro atoms. The lowest BCUT2D eigenvalue weighted by Gasteiger charge is -2.34. The highest BCUT2D eigenvalue weighted by Gasteiger charge is 2.39. The van der Waals surface area contributed by atoms with Gasteiger partial charge in [0, 0.05) is 38.8 Å². The number of nitrogens with zero attached hydrogens (tertiary/aromatic N) is 3. The van der Waals surface area contributed by atoms with Crippen molar-refractivity contribution in [1.82, 2.24) is 9.80 Å². The van der Waals surface area contributed by atoms with E-state index in [-0.39, 0.29) is 23.9 Å². The lowest BCUT2D eigenvalue weighted by Crippen LogP contribution is -2.42. The molecule has 2 saturated heterocycles. The minimum atomic E-state index is -4.68. The third kappa shape index (κ3) is 7.62. The Bertz CT molecular complexity index is 1030. The first-order chi connectivity index (χ1) is 17.3. The van der Waals surface area contributed by atoms with Gasteiger partial charge in [0.05, 0.1) is 18.4 Å². The number of carbonyl (C=O) groups is 3. The number of likely N-dealkylation sites (tertiary alicyclic amines) is 1. The molecule has 2 fully saturated rings. The molecule has 1 aromatic rings. The Morgan fingerprint density at radius 3 is 2.35 bits per heavy atom. The Labute approximate surface area is 215 Å². The number of hydrogen-bond acceptors (Lipinski definition) is 5. The van der Waals surface area contributed by atoms with Gasteiger partial charge in [0.15, 0.2) is 0 Å². The molecule has 2 aliphatic rings. The summed E-state index contributed by atoms with van der Waals surface area (Å²) in [6.07, 6.45) is -0.463. The second kappa shape index (κ2) is 11.4. The summed E-state index contributed by atoms with van der Waals surface area (Å²) in [6.45, 7) is 7.53. The van der Waals surface area contributed by atoms with E-state index in [1.54, 1.807) is 9.80 Å². The molecule has 2 heterocycles. The van der Waals surface area contributed by atoms with Crippen molar-refractivity contribution in [3.05, 3.63) is 35.4 Å². The van der Waals surface area contributed by atoms with E-state index in [0.717, 1.165) is 29.9 Å². The number of ether oxygens (including phenoxy) is 2. The molecule has 204 valence electrons. The molecule has 0 radical (unpaired) electrons. The van der Waals surface area contributed by atoms with Crippen LogP contribution in [-0.4, -0.2) is 73.3 Å². The molecule has 11 heteroatoms. The first kappa shape index (κ1) is 28.3. The zero-order valence-electron chi connectivity index (χ0n) is 21.6. The molecule has 2 aliphatic heterocycles. The average molecular weight is 526 g/mol.